The maximum absolute atomic E-state index is 12.4. The van der Waals surface area contributed by atoms with E-state index in [1.54, 1.807) is 6.20 Å². The molecular formula is C20H20BrN3O2. The Balaban J connectivity index is 1.59. The van der Waals surface area contributed by atoms with Crippen molar-refractivity contribution in [2.24, 2.45) is 0 Å². The van der Waals surface area contributed by atoms with Crippen LogP contribution in [0, 0.1) is 0 Å². The van der Waals surface area contributed by atoms with Gasteiger partial charge in [-0.05, 0) is 58.7 Å². The van der Waals surface area contributed by atoms with E-state index in [1.165, 1.54) is 0 Å². The molecule has 0 aliphatic heterocycles. The summed E-state index contributed by atoms with van der Waals surface area (Å²) in [6.07, 6.45) is 3.65. The van der Waals surface area contributed by atoms with Crippen LogP contribution in [-0.4, -0.2) is 15.5 Å². The quantitative estimate of drug-likeness (QED) is 0.631. The maximum Gasteiger partial charge on any atom is 0.268 e. The molecule has 3 rings (SSSR count). The van der Waals surface area contributed by atoms with Gasteiger partial charge in [0.1, 0.15) is 18.1 Å². The highest BCUT2D eigenvalue weighted by atomic mass is 79.9. The van der Waals surface area contributed by atoms with E-state index in [4.69, 9.17) is 4.74 Å². The summed E-state index contributed by atoms with van der Waals surface area (Å²) in [5.74, 6) is 0.652. The van der Waals surface area contributed by atoms with E-state index in [1.807, 2.05) is 66.2 Å². The highest BCUT2D eigenvalue weighted by molar-refractivity contribution is 9.10. The Kier molecular flexibility index (Phi) is 6.07. The van der Waals surface area contributed by atoms with Crippen LogP contribution in [0.5, 0.6) is 5.75 Å². The molecule has 3 aromatic rings. The number of halogens is 1. The molecule has 1 aromatic carbocycles. The third-order valence-electron chi connectivity index (χ3n) is 3.90. The van der Waals surface area contributed by atoms with Crippen molar-refractivity contribution >= 4 is 21.8 Å². The van der Waals surface area contributed by atoms with Crippen LogP contribution in [0.2, 0.25) is 0 Å². The fourth-order valence-corrected chi connectivity index (χ4v) is 3.05. The van der Waals surface area contributed by atoms with Crippen LogP contribution in [-0.2, 0) is 19.7 Å². The summed E-state index contributed by atoms with van der Waals surface area (Å²) < 4.78 is 8.58. The second kappa shape index (κ2) is 8.67. The summed E-state index contributed by atoms with van der Waals surface area (Å²) in [6, 6.07) is 15.3. The van der Waals surface area contributed by atoms with Crippen LogP contribution >= 0.6 is 15.9 Å². The summed E-state index contributed by atoms with van der Waals surface area (Å²) >= 11 is 3.41. The Bertz CT molecular complexity index is 878. The lowest BCUT2D eigenvalue weighted by Crippen LogP contribution is -2.25. The average Bonchev–Trinajstić information content (AvgIpc) is 3.06. The lowest BCUT2D eigenvalue weighted by molar-refractivity contribution is 0.0941. The highest BCUT2D eigenvalue weighted by Gasteiger charge is 2.12. The molecule has 6 heteroatoms. The number of nitrogens with zero attached hydrogens (tertiary/aromatic N) is 2. The van der Waals surface area contributed by atoms with E-state index in [9.17, 15) is 4.79 Å². The van der Waals surface area contributed by atoms with Crippen molar-refractivity contribution in [3.63, 3.8) is 0 Å². The van der Waals surface area contributed by atoms with Crippen LogP contribution < -0.4 is 10.1 Å². The van der Waals surface area contributed by atoms with Crippen LogP contribution in [0.15, 0.2) is 65.4 Å². The van der Waals surface area contributed by atoms with Gasteiger partial charge < -0.3 is 14.6 Å². The van der Waals surface area contributed by atoms with Gasteiger partial charge in [0.2, 0.25) is 0 Å². The summed E-state index contributed by atoms with van der Waals surface area (Å²) in [7, 11) is 0. The van der Waals surface area contributed by atoms with E-state index in [2.05, 4.69) is 26.2 Å². The zero-order chi connectivity index (χ0) is 18.4. The molecule has 0 aliphatic rings. The molecule has 0 saturated carbocycles. The first-order valence-corrected chi connectivity index (χ1v) is 9.20. The first-order chi connectivity index (χ1) is 12.7. The van der Waals surface area contributed by atoms with Gasteiger partial charge in [0.25, 0.3) is 5.91 Å². The van der Waals surface area contributed by atoms with Gasteiger partial charge in [-0.1, -0.05) is 18.2 Å². The van der Waals surface area contributed by atoms with Crippen molar-refractivity contribution in [3.8, 4) is 5.75 Å². The minimum absolute atomic E-state index is 0.0997. The van der Waals surface area contributed by atoms with Gasteiger partial charge in [-0.2, -0.15) is 0 Å². The molecule has 0 spiro atoms. The van der Waals surface area contributed by atoms with Crippen LogP contribution in [0.1, 0.15) is 28.7 Å². The maximum atomic E-state index is 12.4. The number of ether oxygens (including phenoxy) is 1. The number of amides is 1. The number of aryl methyl sites for hydroxylation is 1. The molecular weight excluding hydrogens is 394 g/mol. The van der Waals surface area contributed by atoms with Crippen LogP contribution in [0.3, 0.4) is 0 Å². The largest absolute Gasteiger partial charge is 0.487 e. The first-order valence-electron chi connectivity index (χ1n) is 8.41. The zero-order valence-corrected chi connectivity index (χ0v) is 16.1. The number of hydrogen-bond acceptors (Lipinski definition) is 3. The number of pyridine rings is 1. The van der Waals surface area contributed by atoms with E-state index in [-0.39, 0.29) is 5.91 Å². The normalized spacial score (nSPS) is 10.5. The summed E-state index contributed by atoms with van der Waals surface area (Å²) in [4.78, 5) is 16.7. The lowest BCUT2D eigenvalue weighted by atomic mass is 10.2. The fourth-order valence-electron chi connectivity index (χ4n) is 2.59. The molecule has 5 nitrogen and oxygen atoms in total. The van der Waals surface area contributed by atoms with Gasteiger partial charge in [0, 0.05) is 30.0 Å². The van der Waals surface area contributed by atoms with Crippen molar-refractivity contribution < 1.29 is 9.53 Å². The second-order valence-electron chi connectivity index (χ2n) is 5.77. The summed E-state index contributed by atoms with van der Waals surface area (Å²) in [5.41, 5.74) is 2.49. The van der Waals surface area contributed by atoms with Crippen molar-refractivity contribution in [1.29, 1.82) is 0 Å². The van der Waals surface area contributed by atoms with E-state index < -0.39 is 0 Å². The molecule has 0 fully saturated rings. The minimum Gasteiger partial charge on any atom is -0.487 e. The number of rotatable bonds is 7. The molecule has 0 aliphatic carbocycles. The molecule has 134 valence electrons. The lowest BCUT2D eigenvalue weighted by Gasteiger charge is -2.10. The minimum atomic E-state index is -0.0997. The molecule has 1 amide bonds. The Morgan fingerprint density at radius 3 is 2.88 bits per heavy atom. The van der Waals surface area contributed by atoms with Crippen molar-refractivity contribution in [2.45, 2.75) is 26.6 Å². The second-order valence-corrected chi connectivity index (χ2v) is 6.69. The number of benzene rings is 1. The van der Waals surface area contributed by atoms with E-state index >= 15 is 0 Å². The molecule has 0 unspecified atom stereocenters. The molecule has 0 saturated heterocycles. The highest BCUT2D eigenvalue weighted by Crippen LogP contribution is 2.17. The van der Waals surface area contributed by atoms with Crippen molar-refractivity contribution in [2.75, 3.05) is 0 Å². The number of carbonyl (C=O) groups excluding carboxylic acids is 1. The van der Waals surface area contributed by atoms with Gasteiger partial charge in [0.15, 0.2) is 0 Å². The zero-order valence-electron chi connectivity index (χ0n) is 14.5. The number of aromatic nitrogens is 2. The average molecular weight is 414 g/mol. The number of carbonyl (C=O) groups is 1. The predicted molar refractivity (Wildman–Crippen MR) is 104 cm³/mol. The fraction of sp³-hybridized carbons (Fsp3) is 0.200. The molecule has 2 aromatic heterocycles. The van der Waals surface area contributed by atoms with Gasteiger partial charge in [-0.15, -0.1) is 0 Å². The summed E-state index contributed by atoms with van der Waals surface area (Å²) in [6.45, 7) is 3.59. The third kappa shape index (κ3) is 4.73. The van der Waals surface area contributed by atoms with Gasteiger partial charge in [-0.25, -0.2) is 0 Å². The van der Waals surface area contributed by atoms with E-state index in [0.717, 1.165) is 28.0 Å². The Hall–Kier alpha value is -2.60. The topological polar surface area (TPSA) is 56.2 Å². The van der Waals surface area contributed by atoms with Crippen molar-refractivity contribution in [1.82, 2.24) is 14.9 Å². The first kappa shape index (κ1) is 18.2. The smallest absolute Gasteiger partial charge is 0.268 e. The third-order valence-corrected chi connectivity index (χ3v) is 4.33. The van der Waals surface area contributed by atoms with Crippen molar-refractivity contribution in [3.05, 3.63) is 82.3 Å². The van der Waals surface area contributed by atoms with Crippen LogP contribution in [0.4, 0.5) is 0 Å². The molecule has 1 N–H and O–H groups in total. The van der Waals surface area contributed by atoms with Gasteiger partial charge in [-0.3, -0.25) is 9.78 Å². The van der Waals surface area contributed by atoms with Gasteiger partial charge in [0.05, 0.1) is 5.69 Å². The summed E-state index contributed by atoms with van der Waals surface area (Å²) in [5, 5.41) is 2.96. The molecule has 26 heavy (non-hydrogen) atoms. The SMILES string of the molecule is CCn1cc(Br)cc1C(=O)NCc1cccc(OCc2ccccn2)c1. The standard InChI is InChI=1S/C20H20BrN3O2/c1-2-24-13-16(21)11-19(24)20(25)23-12-15-6-5-8-18(10-15)26-14-17-7-3-4-9-22-17/h3-11,13H,2,12,14H2,1H3,(H,23,25). The Morgan fingerprint density at radius 2 is 2.12 bits per heavy atom. The number of hydrogen-bond donors (Lipinski definition) is 1. The molecule has 0 atom stereocenters. The van der Waals surface area contributed by atoms with E-state index in [0.29, 0.717) is 18.8 Å². The Labute approximate surface area is 161 Å². The molecule has 2 heterocycles. The Morgan fingerprint density at radius 1 is 1.23 bits per heavy atom. The molecule has 0 bridgehead atoms. The van der Waals surface area contributed by atoms with Gasteiger partial charge >= 0.3 is 0 Å². The van der Waals surface area contributed by atoms with Crippen LogP contribution in [0.25, 0.3) is 0 Å². The molecule has 0 radical (unpaired) electrons. The predicted octanol–water partition coefficient (Wildman–Crippen LogP) is 4.17. The monoisotopic (exact) mass is 413 g/mol. The number of nitrogens with one attached hydrogen (secondary N) is 1.